The third kappa shape index (κ3) is 3.13. The fourth-order valence-corrected chi connectivity index (χ4v) is 1.59. The molecule has 0 saturated heterocycles. The van der Waals surface area contributed by atoms with E-state index in [4.69, 9.17) is 4.74 Å². The molecule has 18 heavy (non-hydrogen) atoms. The summed E-state index contributed by atoms with van der Waals surface area (Å²) in [6.07, 6.45) is 0. The second-order valence-electron chi connectivity index (χ2n) is 3.78. The number of para-hydroxylation sites is 1. The summed E-state index contributed by atoms with van der Waals surface area (Å²) in [5.74, 6) is 1.61. The van der Waals surface area contributed by atoms with Crippen LogP contribution in [0.2, 0.25) is 0 Å². The average molecular weight is 244 g/mol. The van der Waals surface area contributed by atoms with E-state index in [1.165, 1.54) is 0 Å². The van der Waals surface area contributed by atoms with Gasteiger partial charge in [-0.2, -0.15) is 4.98 Å². The van der Waals surface area contributed by atoms with Gasteiger partial charge in [-0.05, 0) is 19.1 Å². The van der Waals surface area contributed by atoms with Gasteiger partial charge in [-0.3, -0.25) is 0 Å². The van der Waals surface area contributed by atoms with Crippen LogP contribution in [0.1, 0.15) is 12.5 Å². The summed E-state index contributed by atoms with van der Waals surface area (Å²) in [6.45, 7) is 3.04. The highest BCUT2D eigenvalue weighted by Crippen LogP contribution is 2.18. The van der Waals surface area contributed by atoms with Gasteiger partial charge in [-0.25, -0.2) is 0 Å². The molecule has 0 radical (unpaired) electrons. The zero-order chi connectivity index (χ0) is 12.8. The number of phenols is 1. The first-order chi connectivity index (χ1) is 8.79. The number of phenolic OH excluding ortho intramolecular Hbond substituents is 1. The SMILES string of the molecule is CCOc1cccc(NCc2ccccc2O)n1. The summed E-state index contributed by atoms with van der Waals surface area (Å²) in [5.41, 5.74) is 0.834. The number of nitrogens with zero attached hydrogens (tertiary/aromatic N) is 1. The van der Waals surface area contributed by atoms with E-state index in [-0.39, 0.29) is 5.75 Å². The zero-order valence-electron chi connectivity index (χ0n) is 10.3. The summed E-state index contributed by atoms with van der Waals surface area (Å²) >= 11 is 0. The Kier molecular flexibility index (Phi) is 4.02. The monoisotopic (exact) mass is 244 g/mol. The largest absolute Gasteiger partial charge is 0.508 e. The molecule has 4 nitrogen and oxygen atoms in total. The number of rotatable bonds is 5. The molecule has 1 aromatic heterocycles. The Hall–Kier alpha value is -2.23. The van der Waals surface area contributed by atoms with Crippen LogP contribution in [-0.2, 0) is 6.54 Å². The van der Waals surface area contributed by atoms with Crippen LogP contribution in [0.5, 0.6) is 11.6 Å². The van der Waals surface area contributed by atoms with Gasteiger partial charge in [0.1, 0.15) is 11.6 Å². The second kappa shape index (κ2) is 5.91. The summed E-state index contributed by atoms with van der Waals surface area (Å²) in [6, 6.07) is 12.8. The maximum atomic E-state index is 9.64. The minimum atomic E-state index is 0.283. The van der Waals surface area contributed by atoms with Crippen molar-refractivity contribution in [1.29, 1.82) is 0 Å². The molecule has 0 saturated carbocycles. The lowest BCUT2D eigenvalue weighted by Crippen LogP contribution is -2.03. The standard InChI is InChI=1S/C14H16N2O2/c1-2-18-14-9-5-8-13(16-14)15-10-11-6-3-4-7-12(11)17/h3-9,17H,2,10H2,1H3,(H,15,16). The Morgan fingerprint density at radius 1 is 1.17 bits per heavy atom. The number of anilines is 1. The van der Waals surface area contributed by atoms with Crippen molar-refractivity contribution in [3.63, 3.8) is 0 Å². The Bertz CT molecular complexity index is 515. The van der Waals surface area contributed by atoms with Gasteiger partial charge in [0.05, 0.1) is 6.61 Å². The quantitative estimate of drug-likeness (QED) is 0.849. The molecular weight excluding hydrogens is 228 g/mol. The Morgan fingerprint density at radius 3 is 2.78 bits per heavy atom. The van der Waals surface area contributed by atoms with Crippen molar-refractivity contribution in [2.75, 3.05) is 11.9 Å². The van der Waals surface area contributed by atoms with E-state index < -0.39 is 0 Å². The van der Waals surface area contributed by atoms with Crippen molar-refractivity contribution in [2.45, 2.75) is 13.5 Å². The van der Waals surface area contributed by atoms with Crippen LogP contribution >= 0.6 is 0 Å². The van der Waals surface area contributed by atoms with Crippen LogP contribution < -0.4 is 10.1 Å². The molecule has 0 unspecified atom stereocenters. The van der Waals surface area contributed by atoms with Crippen LogP contribution in [-0.4, -0.2) is 16.7 Å². The number of aromatic nitrogens is 1. The van der Waals surface area contributed by atoms with E-state index in [0.29, 0.717) is 19.0 Å². The van der Waals surface area contributed by atoms with E-state index in [9.17, 15) is 5.11 Å². The molecule has 0 aliphatic heterocycles. The predicted octanol–water partition coefficient (Wildman–Crippen LogP) is 2.80. The number of benzene rings is 1. The maximum Gasteiger partial charge on any atom is 0.215 e. The van der Waals surface area contributed by atoms with Gasteiger partial charge < -0.3 is 15.2 Å². The topological polar surface area (TPSA) is 54.4 Å². The van der Waals surface area contributed by atoms with Crippen LogP contribution in [0.3, 0.4) is 0 Å². The summed E-state index contributed by atoms with van der Waals surface area (Å²) in [5, 5.41) is 12.8. The molecule has 0 bridgehead atoms. The molecule has 2 aromatic rings. The van der Waals surface area contributed by atoms with Gasteiger partial charge >= 0.3 is 0 Å². The third-order valence-electron chi connectivity index (χ3n) is 2.47. The van der Waals surface area contributed by atoms with Crippen LogP contribution in [0.4, 0.5) is 5.82 Å². The molecular formula is C14H16N2O2. The molecule has 4 heteroatoms. The molecule has 1 aromatic carbocycles. The normalized spacial score (nSPS) is 10.1. The molecule has 0 aliphatic rings. The maximum absolute atomic E-state index is 9.64. The van der Waals surface area contributed by atoms with Crippen molar-refractivity contribution >= 4 is 5.82 Å². The second-order valence-corrected chi connectivity index (χ2v) is 3.78. The molecule has 0 aliphatic carbocycles. The predicted molar refractivity (Wildman–Crippen MR) is 70.8 cm³/mol. The Balaban J connectivity index is 2.02. The van der Waals surface area contributed by atoms with Gasteiger partial charge in [-0.15, -0.1) is 0 Å². The fraction of sp³-hybridized carbons (Fsp3) is 0.214. The zero-order valence-corrected chi connectivity index (χ0v) is 10.3. The number of ether oxygens (including phenoxy) is 1. The number of pyridine rings is 1. The highest BCUT2D eigenvalue weighted by atomic mass is 16.5. The lowest BCUT2D eigenvalue weighted by Gasteiger charge is -2.08. The highest BCUT2D eigenvalue weighted by molar-refractivity contribution is 5.40. The number of hydrogen-bond acceptors (Lipinski definition) is 4. The number of nitrogens with one attached hydrogen (secondary N) is 1. The number of aromatic hydroxyl groups is 1. The lowest BCUT2D eigenvalue weighted by atomic mass is 10.2. The molecule has 0 amide bonds. The summed E-state index contributed by atoms with van der Waals surface area (Å²) in [4.78, 5) is 4.29. The molecule has 94 valence electrons. The first-order valence-corrected chi connectivity index (χ1v) is 5.90. The average Bonchev–Trinajstić information content (AvgIpc) is 2.39. The van der Waals surface area contributed by atoms with E-state index in [1.807, 2.05) is 37.3 Å². The fourth-order valence-electron chi connectivity index (χ4n) is 1.59. The van der Waals surface area contributed by atoms with Crippen molar-refractivity contribution in [1.82, 2.24) is 4.98 Å². The molecule has 2 N–H and O–H groups in total. The third-order valence-corrected chi connectivity index (χ3v) is 2.47. The van der Waals surface area contributed by atoms with Gasteiger partial charge in [0.15, 0.2) is 0 Å². The van der Waals surface area contributed by atoms with Crippen LogP contribution in [0.15, 0.2) is 42.5 Å². The molecule has 0 fully saturated rings. The first-order valence-electron chi connectivity index (χ1n) is 5.90. The van der Waals surface area contributed by atoms with Crippen molar-refractivity contribution in [3.8, 4) is 11.6 Å². The lowest BCUT2D eigenvalue weighted by molar-refractivity contribution is 0.327. The Labute approximate surface area is 106 Å². The first kappa shape index (κ1) is 12.2. The van der Waals surface area contributed by atoms with E-state index >= 15 is 0 Å². The van der Waals surface area contributed by atoms with Gasteiger partial charge in [0.2, 0.25) is 5.88 Å². The van der Waals surface area contributed by atoms with E-state index in [1.54, 1.807) is 12.1 Å². The Morgan fingerprint density at radius 2 is 2.00 bits per heavy atom. The van der Waals surface area contributed by atoms with E-state index in [0.717, 1.165) is 11.4 Å². The van der Waals surface area contributed by atoms with E-state index in [2.05, 4.69) is 10.3 Å². The van der Waals surface area contributed by atoms with Crippen molar-refractivity contribution in [3.05, 3.63) is 48.0 Å². The smallest absolute Gasteiger partial charge is 0.215 e. The minimum Gasteiger partial charge on any atom is -0.508 e. The highest BCUT2D eigenvalue weighted by Gasteiger charge is 2.01. The van der Waals surface area contributed by atoms with Crippen molar-refractivity contribution < 1.29 is 9.84 Å². The van der Waals surface area contributed by atoms with Crippen LogP contribution in [0, 0.1) is 0 Å². The summed E-state index contributed by atoms with van der Waals surface area (Å²) in [7, 11) is 0. The van der Waals surface area contributed by atoms with Crippen molar-refractivity contribution in [2.24, 2.45) is 0 Å². The van der Waals surface area contributed by atoms with Gasteiger partial charge in [-0.1, -0.05) is 24.3 Å². The van der Waals surface area contributed by atoms with Crippen LogP contribution in [0.25, 0.3) is 0 Å². The minimum absolute atomic E-state index is 0.283. The molecule has 2 rings (SSSR count). The molecule has 0 spiro atoms. The summed E-state index contributed by atoms with van der Waals surface area (Å²) < 4.78 is 5.32. The van der Waals surface area contributed by atoms with Gasteiger partial charge in [0.25, 0.3) is 0 Å². The van der Waals surface area contributed by atoms with Gasteiger partial charge in [0, 0.05) is 18.2 Å². The molecule has 1 heterocycles. The molecule has 0 atom stereocenters. The number of hydrogen-bond donors (Lipinski definition) is 2.